The number of amides is 1. The molecule has 1 amide bonds. The van der Waals surface area contributed by atoms with Crippen molar-refractivity contribution in [1.29, 1.82) is 0 Å². The van der Waals surface area contributed by atoms with Crippen LogP contribution in [0.5, 0.6) is 0 Å². The zero-order valence-corrected chi connectivity index (χ0v) is 16.5. The number of methoxy groups -OCH3 is 1. The lowest BCUT2D eigenvalue weighted by atomic mass is 10.0. The number of carbonyl (C=O) groups excluding carboxylic acids is 1. The fraction of sp³-hybridized carbons (Fsp3) is 0.0870. The molecule has 0 aliphatic carbocycles. The lowest BCUT2D eigenvalue weighted by molar-refractivity contribution is 0.0697. The van der Waals surface area contributed by atoms with E-state index in [2.05, 4.69) is 20.4 Å². The number of aromatic nitrogens is 1. The molecule has 0 saturated carbocycles. The molecule has 31 heavy (non-hydrogen) atoms. The number of hydrogen-bond donors (Lipinski definition) is 4. The number of nitrogens with one attached hydrogen (secondary N) is 2. The van der Waals surface area contributed by atoms with Gasteiger partial charge in [-0.3, -0.25) is 5.32 Å². The minimum Gasteiger partial charge on any atom is -0.478 e. The normalized spacial score (nSPS) is 11.8. The molecule has 0 fully saturated rings. The van der Waals surface area contributed by atoms with Crippen molar-refractivity contribution in [1.82, 2.24) is 4.98 Å². The first kappa shape index (κ1) is 20.1. The molecular formula is C23H19N3O5. The van der Waals surface area contributed by atoms with Crippen LogP contribution in [0.2, 0.25) is 0 Å². The summed E-state index contributed by atoms with van der Waals surface area (Å²) in [7, 11) is 1.27. The Morgan fingerprint density at radius 1 is 0.968 bits per heavy atom. The second-order valence-electron chi connectivity index (χ2n) is 6.83. The monoisotopic (exact) mass is 417 g/mol. The number of nitrogens with zero attached hydrogens (tertiary/aromatic N) is 1. The van der Waals surface area contributed by atoms with Gasteiger partial charge in [0.1, 0.15) is 0 Å². The Labute approximate surface area is 177 Å². The Morgan fingerprint density at radius 3 is 2.52 bits per heavy atom. The molecule has 4 N–H and O–H groups in total. The summed E-state index contributed by atoms with van der Waals surface area (Å²) < 4.78 is 4.60. The summed E-state index contributed by atoms with van der Waals surface area (Å²) in [5, 5.41) is 27.3. The van der Waals surface area contributed by atoms with Gasteiger partial charge in [0, 0.05) is 22.0 Å². The summed E-state index contributed by atoms with van der Waals surface area (Å²) in [4.78, 5) is 27.4. The average Bonchev–Trinajstić information content (AvgIpc) is 2.78. The lowest BCUT2D eigenvalue weighted by Gasteiger charge is -2.19. The van der Waals surface area contributed by atoms with Crippen LogP contribution in [0, 0.1) is 0 Å². The third-order valence-corrected chi connectivity index (χ3v) is 4.84. The first-order chi connectivity index (χ1) is 15.0. The van der Waals surface area contributed by atoms with Crippen molar-refractivity contribution in [2.24, 2.45) is 0 Å². The predicted molar refractivity (Wildman–Crippen MR) is 117 cm³/mol. The Hall–Kier alpha value is -4.17. The van der Waals surface area contributed by atoms with Crippen LogP contribution in [-0.4, -0.2) is 34.4 Å². The summed E-state index contributed by atoms with van der Waals surface area (Å²) in [5.74, 6) is -1.04. The SMILES string of the molecule is COC(=O)Nc1cccc(C(O)Nc2c3ccccc3nc3cc(C(=O)O)ccc23)c1. The van der Waals surface area contributed by atoms with Gasteiger partial charge in [-0.05, 0) is 36.4 Å². The maximum Gasteiger partial charge on any atom is 0.411 e. The smallest absolute Gasteiger partial charge is 0.411 e. The van der Waals surface area contributed by atoms with E-state index < -0.39 is 18.3 Å². The van der Waals surface area contributed by atoms with Gasteiger partial charge in [0.15, 0.2) is 6.23 Å². The molecule has 1 heterocycles. The maximum absolute atomic E-state index is 11.5. The third-order valence-electron chi connectivity index (χ3n) is 4.84. The minimum absolute atomic E-state index is 0.128. The highest BCUT2D eigenvalue weighted by molar-refractivity contribution is 6.08. The van der Waals surface area contributed by atoms with Gasteiger partial charge in [-0.25, -0.2) is 14.6 Å². The highest BCUT2D eigenvalue weighted by Crippen LogP contribution is 2.33. The minimum atomic E-state index is -1.10. The van der Waals surface area contributed by atoms with Crippen LogP contribution in [0.25, 0.3) is 21.8 Å². The Morgan fingerprint density at radius 2 is 1.74 bits per heavy atom. The summed E-state index contributed by atoms with van der Waals surface area (Å²) in [5.41, 5.74) is 2.90. The molecule has 8 nitrogen and oxygen atoms in total. The number of aliphatic hydroxyl groups is 1. The molecule has 0 radical (unpaired) electrons. The lowest BCUT2D eigenvalue weighted by Crippen LogP contribution is -2.13. The van der Waals surface area contributed by atoms with Gasteiger partial charge in [-0.15, -0.1) is 0 Å². The van der Waals surface area contributed by atoms with E-state index >= 15 is 0 Å². The van der Waals surface area contributed by atoms with E-state index in [1.54, 1.807) is 30.3 Å². The van der Waals surface area contributed by atoms with Crippen molar-refractivity contribution in [2.45, 2.75) is 6.23 Å². The number of aliphatic hydroxyl groups excluding tert-OH is 1. The van der Waals surface area contributed by atoms with Crippen LogP contribution in [0.15, 0.2) is 66.7 Å². The van der Waals surface area contributed by atoms with Crippen LogP contribution >= 0.6 is 0 Å². The van der Waals surface area contributed by atoms with Gasteiger partial charge >= 0.3 is 12.1 Å². The molecule has 0 spiro atoms. The summed E-state index contributed by atoms with van der Waals surface area (Å²) in [6.45, 7) is 0. The zero-order chi connectivity index (χ0) is 22.0. The predicted octanol–water partition coefficient (Wildman–Crippen LogP) is 4.37. The zero-order valence-electron chi connectivity index (χ0n) is 16.5. The summed E-state index contributed by atoms with van der Waals surface area (Å²) in [6, 6.07) is 18.8. The fourth-order valence-electron chi connectivity index (χ4n) is 3.36. The van der Waals surface area contributed by atoms with Crippen LogP contribution < -0.4 is 10.6 Å². The van der Waals surface area contributed by atoms with E-state index in [0.29, 0.717) is 33.4 Å². The third kappa shape index (κ3) is 4.10. The number of aromatic carboxylic acids is 1. The molecule has 0 aliphatic rings. The maximum atomic E-state index is 11.5. The Bertz CT molecular complexity index is 1310. The van der Waals surface area contributed by atoms with E-state index in [9.17, 15) is 19.8 Å². The van der Waals surface area contributed by atoms with Crippen molar-refractivity contribution in [2.75, 3.05) is 17.7 Å². The molecule has 0 saturated heterocycles. The van der Waals surface area contributed by atoms with E-state index in [0.717, 1.165) is 5.39 Å². The van der Waals surface area contributed by atoms with Gasteiger partial charge in [0.2, 0.25) is 0 Å². The number of para-hydroxylation sites is 1. The van der Waals surface area contributed by atoms with Crippen molar-refractivity contribution in [3.05, 3.63) is 77.9 Å². The Balaban J connectivity index is 1.77. The first-order valence-electron chi connectivity index (χ1n) is 9.41. The molecule has 3 aromatic carbocycles. The number of pyridine rings is 1. The van der Waals surface area contributed by atoms with Gasteiger partial charge in [-0.2, -0.15) is 0 Å². The van der Waals surface area contributed by atoms with Crippen LogP contribution in [0.3, 0.4) is 0 Å². The molecule has 0 aliphatic heterocycles. The number of carboxylic acid groups (broad SMARTS) is 1. The Kier molecular flexibility index (Phi) is 5.38. The summed E-state index contributed by atoms with van der Waals surface area (Å²) in [6.07, 6.45) is -1.72. The number of carboxylic acids is 1. The van der Waals surface area contributed by atoms with Crippen molar-refractivity contribution < 1.29 is 24.5 Å². The fourth-order valence-corrected chi connectivity index (χ4v) is 3.36. The van der Waals surface area contributed by atoms with Crippen molar-refractivity contribution >= 4 is 45.2 Å². The van der Waals surface area contributed by atoms with E-state index in [4.69, 9.17) is 0 Å². The molecular weight excluding hydrogens is 398 g/mol. The quantitative estimate of drug-likeness (QED) is 0.281. The number of hydrogen-bond acceptors (Lipinski definition) is 6. The largest absolute Gasteiger partial charge is 0.478 e. The van der Waals surface area contributed by atoms with Crippen LogP contribution in [0.1, 0.15) is 22.1 Å². The number of carbonyl (C=O) groups is 2. The number of anilines is 2. The highest BCUT2D eigenvalue weighted by Gasteiger charge is 2.16. The molecule has 1 aromatic heterocycles. The van der Waals surface area contributed by atoms with Gasteiger partial charge in [-0.1, -0.05) is 30.3 Å². The molecule has 1 unspecified atom stereocenters. The number of benzene rings is 3. The number of rotatable bonds is 5. The second kappa shape index (κ2) is 8.29. The molecule has 156 valence electrons. The summed E-state index contributed by atoms with van der Waals surface area (Å²) >= 11 is 0. The molecule has 8 heteroatoms. The molecule has 4 aromatic rings. The number of ether oxygens (including phenoxy) is 1. The van der Waals surface area contributed by atoms with Gasteiger partial charge in [0.05, 0.1) is 29.4 Å². The van der Waals surface area contributed by atoms with E-state index in [1.807, 2.05) is 24.3 Å². The van der Waals surface area contributed by atoms with Crippen LogP contribution in [0.4, 0.5) is 16.2 Å². The molecule has 0 bridgehead atoms. The van der Waals surface area contributed by atoms with E-state index in [1.165, 1.54) is 19.2 Å². The second-order valence-corrected chi connectivity index (χ2v) is 6.83. The topological polar surface area (TPSA) is 121 Å². The van der Waals surface area contributed by atoms with Crippen molar-refractivity contribution in [3.8, 4) is 0 Å². The first-order valence-corrected chi connectivity index (χ1v) is 9.41. The number of fused-ring (bicyclic) bond motifs is 2. The average molecular weight is 417 g/mol. The van der Waals surface area contributed by atoms with Gasteiger partial charge in [0.25, 0.3) is 0 Å². The molecule has 1 atom stereocenters. The highest BCUT2D eigenvalue weighted by atomic mass is 16.5. The standard InChI is InChI=1S/C23H19N3O5/c1-31-23(30)24-15-6-4-5-13(11-15)21(27)26-20-16-7-2-3-8-18(16)25-19-12-14(22(28)29)9-10-17(19)20/h2-12,21,27H,1H3,(H,24,30)(H,25,26)(H,28,29). The molecule has 4 rings (SSSR count). The van der Waals surface area contributed by atoms with Gasteiger partial charge < -0.3 is 20.3 Å². The van der Waals surface area contributed by atoms with E-state index in [-0.39, 0.29) is 5.56 Å². The van der Waals surface area contributed by atoms with Crippen LogP contribution in [-0.2, 0) is 4.74 Å². The van der Waals surface area contributed by atoms with Crippen molar-refractivity contribution in [3.63, 3.8) is 0 Å².